The number of hydrogen-bond donors (Lipinski definition) is 2. The molecule has 0 saturated carbocycles. The predicted octanol–water partition coefficient (Wildman–Crippen LogP) is 2.47. The highest BCUT2D eigenvalue weighted by Crippen LogP contribution is 2.25. The molecule has 0 aliphatic heterocycles. The van der Waals surface area contributed by atoms with E-state index in [2.05, 4.69) is 22.8 Å². The summed E-state index contributed by atoms with van der Waals surface area (Å²) in [5.41, 5.74) is 1.24. The highest BCUT2D eigenvalue weighted by Gasteiger charge is 2.02. The molecule has 0 aliphatic carbocycles. The monoisotopic (exact) mass is 235 g/mol. The zero-order valence-electron chi connectivity index (χ0n) is 8.77. The van der Waals surface area contributed by atoms with Crippen LogP contribution >= 0.6 is 11.3 Å². The molecular formula is C12H13NO2S. The van der Waals surface area contributed by atoms with Gasteiger partial charge in [0.25, 0.3) is 0 Å². The highest BCUT2D eigenvalue weighted by atomic mass is 32.1. The van der Waals surface area contributed by atoms with Crippen LogP contribution in [-0.2, 0) is 11.3 Å². The summed E-state index contributed by atoms with van der Waals surface area (Å²) in [6.07, 6.45) is 0.169. The first-order chi connectivity index (χ1) is 7.77. The minimum Gasteiger partial charge on any atom is -0.481 e. The number of rotatable bonds is 5. The third kappa shape index (κ3) is 2.59. The molecule has 0 radical (unpaired) electrons. The Morgan fingerprint density at radius 3 is 3.00 bits per heavy atom. The molecule has 2 N–H and O–H groups in total. The molecule has 0 aliphatic rings. The van der Waals surface area contributed by atoms with Gasteiger partial charge in [-0.1, -0.05) is 18.2 Å². The van der Waals surface area contributed by atoms with Crippen molar-refractivity contribution in [2.75, 3.05) is 6.54 Å². The maximum atomic E-state index is 10.3. The van der Waals surface area contributed by atoms with Crippen molar-refractivity contribution < 1.29 is 9.90 Å². The number of benzene rings is 1. The summed E-state index contributed by atoms with van der Waals surface area (Å²) in [6, 6.07) is 8.25. The summed E-state index contributed by atoms with van der Waals surface area (Å²) in [5, 5.41) is 15.0. The molecule has 84 valence electrons. The third-order valence-corrected chi connectivity index (χ3v) is 3.40. The molecule has 3 nitrogen and oxygen atoms in total. The van der Waals surface area contributed by atoms with Gasteiger partial charge in [0, 0.05) is 17.8 Å². The Morgan fingerprint density at radius 2 is 2.19 bits per heavy atom. The molecule has 4 heteroatoms. The summed E-state index contributed by atoms with van der Waals surface area (Å²) < 4.78 is 1.28. The average molecular weight is 235 g/mol. The Balaban J connectivity index is 1.97. The zero-order chi connectivity index (χ0) is 11.4. The Hall–Kier alpha value is -1.39. The summed E-state index contributed by atoms with van der Waals surface area (Å²) >= 11 is 1.72. The molecule has 0 bridgehead atoms. The van der Waals surface area contributed by atoms with E-state index in [0.717, 1.165) is 6.54 Å². The molecular weight excluding hydrogens is 222 g/mol. The van der Waals surface area contributed by atoms with Crippen LogP contribution in [0.4, 0.5) is 0 Å². The number of carbonyl (C=O) groups is 1. The molecule has 0 saturated heterocycles. The van der Waals surface area contributed by atoms with Crippen molar-refractivity contribution in [3.63, 3.8) is 0 Å². The molecule has 1 aromatic heterocycles. The molecule has 2 rings (SSSR count). The first-order valence-electron chi connectivity index (χ1n) is 5.15. The lowest BCUT2D eigenvalue weighted by Crippen LogP contribution is -2.17. The summed E-state index contributed by atoms with van der Waals surface area (Å²) in [6.45, 7) is 1.25. The van der Waals surface area contributed by atoms with Crippen molar-refractivity contribution in [3.05, 3.63) is 35.2 Å². The number of nitrogens with one attached hydrogen (secondary N) is 1. The van der Waals surface area contributed by atoms with Crippen LogP contribution < -0.4 is 5.32 Å². The molecule has 0 amide bonds. The minimum absolute atomic E-state index is 0.169. The van der Waals surface area contributed by atoms with Crippen molar-refractivity contribution >= 4 is 27.4 Å². The number of carboxylic acid groups (broad SMARTS) is 1. The SMILES string of the molecule is O=C(O)CCNCc1csc2ccccc12. The van der Waals surface area contributed by atoms with Gasteiger partial charge in [-0.3, -0.25) is 4.79 Å². The average Bonchev–Trinajstić information content (AvgIpc) is 2.68. The van der Waals surface area contributed by atoms with Crippen molar-refractivity contribution in [1.82, 2.24) is 5.32 Å². The van der Waals surface area contributed by atoms with Gasteiger partial charge in [0.15, 0.2) is 0 Å². The standard InChI is InChI=1S/C12H13NO2S/c14-12(15)5-6-13-7-9-8-16-11-4-2-1-3-10(9)11/h1-4,8,13H,5-7H2,(H,14,15). The van der Waals surface area contributed by atoms with Gasteiger partial charge in [-0.05, 0) is 22.4 Å². The maximum Gasteiger partial charge on any atom is 0.304 e. The van der Waals surface area contributed by atoms with E-state index in [1.807, 2.05) is 12.1 Å². The van der Waals surface area contributed by atoms with Crippen LogP contribution in [0, 0.1) is 0 Å². The Bertz CT molecular complexity index is 492. The second-order valence-corrected chi connectivity index (χ2v) is 4.49. The number of aliphatic carboxylic acids is 1. The lowest BCUT2D eigenvalue weighted by Gasteiger charge is -2.01. The maximum absolute atomic E-state index is 10.3. The van der Waals surface area contributed by atoms with Gasteiger partial charge >= 0.3 is 5.97 Å². The van der Waals surface area contributed by atoms with Gasteiger partial charge in [-0.2, -0.15) is 0 Å². The van der Waals surface area contributed by atoms with Crippen molar-refractivity contribution in [3.8, 4) is 0 Å². The van der Waals surface area contributed by atoms with Crippen LogP contribution in [0.2, 0.25) is 0 Å². The zero-order valence-corrected chi connectivity index (χ0v) is 9.59. The minimum atomic E-state index is -0.761. The molecule has 0 unspecified atom stereocenters. The van der Waals surface area contributed by atoms with Gasteiger partial charge in [-0.15, -0.1) is 11.3 Å². The van der Waals surface area contributed by atoms with Crippen LogP contribution in [0.1, 0.15) is 12.0 Å². The summed E-state index contributed by atoms with van der Waals surface area (Å²) in [4.78, 5) is 10.3. The topological polar surface area (TPSA) is 49.3 Å². The molecule has 0 spiro atoms. The fourth-order valence-corrected chi connectivity index (χ4v) is 2.55. The largest absolute Gasteiger partial charge is 0.481 e. The van der Waals surface area contributed by atoms with Crippen molar-refractivity contribution in [1.29, 1.82) is 0 Å². The number of hydrogen-bond acceptors (Lipinski definition) is 3. The number of fused-ring (bicyclic) bond motifs is 1. The fraction of sp³-hybridized carbons (Fsp3) is 0.250. The van der Waals surface area contributed by atoms with Crippen LogP contribution in [-0.4, -0.2) is 17.6 Å². The van der Waals surface area contributed by atoms with Gasteiger partial charge < -0.3 is 10.4 Å². The summed E-state index contributed by atoms with van der Waals surface area (Å²) in [5.74, 6) is -0.761. The van der Waals surface area contributed by atoms with Crippen LogP contribution in [0.15, 0.2) is 29.6 Å². The number of thiophene rings is 1. The second-order valence-electron chi connectivity index (χ2n) is 3.58. The van der Waals surface area contributed by atoms with Crippen LogP contribution in [0.3, 0.4) is 0 Å². The molecule has 0 fully saturated rings. The molecule has 16 heavy (non-hydrogen) atoms. The van der Waals surface area contributed by atoms with E-state index in [1.54, 1.807) is 11.3 Å². The van der Waals surface area contributed by atoms with E-state index in [0.29, 0.717) is 6.54 Å². The van der Waals surface area contributed by atoms with Gasteiger partial charge in [-0.25, -0.2) is 0 Å². The van der Waals surface area contributed by atoms with Gasteiger partial charge in [0.05, 0.1) is 6.42 Å². The molecule has 1 aromatic carbocycles. The lowest BCUT2D eigenvalue weighted by atomic mass is 10.2. The Labute approximate surface area is 97.7 Å². The van der Waals surface area contributed by atoms with E-state index < -0.39 is 5.97 Å². The molecule has 1 heterocycles. The third-order valence-electron chi connectivity index (χ3n) is 2.39. The lowest BCUT2D eigenvalue weighted by molar-refractivity contribution is -0.136. The first kappa shape index (κ1) is 11.1. The summed E-state index contributed by atoms with van der Waals surface area (Å²) in [7, 11) is 0. The van der Waals surface area contributed by atoms with Gasteiger partial charge in [0.1, 0.15) is 0 Å². The second kappa shape index (κ2) is 5.09. The molecule has 2 aromatic rings. The fourth-order valence-electron chi connectivity index (χ4n) is 1.59. The van der Waals surface area contributed by atoms with Crippen molar-refractivity contribution in [2.24, 2.45) is 0 Å². The van der Waals surface area contributed by atoms with E-state index >= 15 is 0 Å². The number of carboxylic acids is 1. The van der Waals surface area contributed by atoms with Crippen molar-refractivity contribution in [2.45, 2.75) is 13.0 Å². The smallest absolute Gasteiger partial charge is 0.304 e. The Morgan fingerprint density at radius 1 is 1.38 bits per heavy atom. The highest BCUT2D eigenvalue weighted by molar-refractivity contribution is 7.17. The normalized spacial score (nSPS) is 10.8. The molecule has 0 atom stereocenters. The predicted molar refractivity (Wildman–Crippen MR) is 65.8 cm³/mol. The van der Waals surface area contributed by atoms with E-state index in [-0.39, 0.29) is 6.42 Å². The first-order valence-corrected chi connectivity index (χ1v) is 6.03. The Kier molecular flexibility index (Phi) is 3.54. The van der Waals surface area contributed by atoms with E-state index in [4.69, 9.17) is 5.11 Å². The van der Waals surface area contributed by atoms with Gasteiger partial charge in [0.2, 0.25) is 0 Å². The van der Waals surface area contributed by atoms with Crippen LogP contribution in [0.5, 0.6) is 0 Å². The van der Waals surface area contributed by atoms with E-state index in [1.165, 1.54) is 15.6 Å². The van der Waals surface area contributed by atoms with E-state index in [9.17, 15) is 4.79 Å². The quantitative estimate of drug-likeness (QED) is 0.783. The van der Waals surface area contributed by atoms with Crippen LogP contribution in [0.25, 0.3) is 10.1 Å².